The molecule has 4 aliphatic carbocycles. The van der Waals surface area contributed by atoms with Gasteiger partial charge in [0.05, 0.1) is 19.3 Å². The summed E-state index contributed by atoms with van der Waals surface area (Å²) in [6.45, 7) is 3.60. The molecule has 3 nitrogen and oxygen atoms in total. The van der Waals surface area contributed by atoms with Gasteiger partial charge in [-0.3, -0.25) is 0 Å². The predicted octanol–water partition coefficient (Wildman–Crippen LogP) is 2.41. The Labute approximate surface area is 114 Å². The van der Waals surface area contributed by atoms with Gasteiger partial charge in [0.2, 0.25) is 0 Å². The van der Waals surface area contributed by atoms with Crippen LogP contribution in [0.5, 0.6) is 0 Å². The highest BCUT2D eigenvalue weighted by atomic mass is 16.7. The molecule has 2 fully saturated rings. The van der Waals surface area contributed by atoms with E-state index in [-0.39, 0.29) is 17.4 Å². The highest BCUT2D eigenvalue weighted by Crippen LogP contribution is 2.62. The fourth-order valence-corrected chi connectivity index (χ4v) is 4.80. The predicted molar refractivity (Wildman–Crippen MR) is 71.4 cm³/mol. The number of hydrogen-bond acceptors (Lipinski definition) is 3. The molecule has 1 aliphatic heterocycles. The Kier molecular flexibility index (Phi) is 2.51. The maximum Gasteiger partial charge on any atom is 0.175 e. The van der Waals surface area contributed by atoms with Crippen LogP contribution in [0, 0.1) is 17.3 Å². The van der Waals surface area contributed by atoms with Gasteiger partial charge in [0.15, 0.2) is 5.79 Å². The van der Waals surface area contributed by atoms with Gasteiger partial charge >= 0.3 is 0 Å². The monoisotopic (exact) mass is 262 g/mol. The lowest BCUT2D eigenvalue weighted by molar-refractivity contribution is -0.261. The summed E-state index contributed by atoms with van der Waals surface area (Å²) in [5.41, 5.74) is 1.39. The molecule has 1 N–H and O–H groups in total. The average molecular weight is 262 g/mol. The van der Waals surface area contributed by atoms with Crippen LogP contribution in [0.2, 0.25) is 0 Å². The molecule has 1 saturated carbocycles. The Morgan fingerprint density at radius 2 is 2.00 bits per heavy atom. The summed E-state index contributed by atoms with van der Waals surface area (Å²) < 4.78 is 12.1. The molecule has 0 aromatic carbocycles. The molecule has 0 aromatic heterocycles. The van der Waals surface area contributed by atoms with Crippen molar-refractivity contribution in [3.8, 4) is 0 Å². The van der Waals surface area contributed by atoms with Gasteiger partial charge in [-0.15, -0.1) is 0 Å². The molecule has 19 heavy (non-hydrogen) atoms. The van der Waals surface area contributed by atoms with Crippen molar-refractivity contribution in [1.29, 1.82) is 0 Å². The van der Waals surface area contributed by atoms with Gasteiger partial charge in [-0.2, -0.15) is 0 Å². The first-order valence-corrected chi connectivity index (χ1v) is 7.46. The molecule has 1 heterocycles. The smallest absolute Gasteiger partial charge is 0.175 e. The molecular formula is C16H22O3. The summed E-state index contributed by atoms with van der Waals surface area (Å²) in [4.78, 5) is 0. The maximum absolute atomic E-state index is 10.6. The van der Waals surface area contributed by atoms with Crippen LogP contribution in [0.4, 0.5) is 0 Å². The molecule has 5 rings (SSSR count). The number of rotatable bonds is 0. The molecule has 104 valence electrons. The normalized spacial score (nSPS) is 47.1. The zero-order valence-corrected chi connectivity index (χ0v) is 11.5. The Balaban J connectivity index is 1.80. The largest absolute Gasteiger partial charge is 0.392 e. The van der Waals surface area contributed by atoms with Gasteiger partial charge < -0.3 is 14.6 Å². The molecule has 4 atom stereocenters. The van der Waals surface area contributed by atoms with Crippen molar-refractivity contribution in [2.75, 3.05) is 13.2 Å². The summed E-state index contributed by atoms with van der Waals surface area (Å²) in [6.07, 6.45) is 10.2. The molecule has 0 unspecified atom stereocenters. The van der Waals surface area contributed by atoms with Crippen LogP contribution in [0.15, 0.2) is 23.8 Å². The van der Waals surface area contributed by atoms with Crippen LogP contribution >= 0.6 is 0 Å². The number of hydrogen-bond donors (Lipinski definition) is 1. The van der Waals surface area contributed by atoms with Crippen LogP contribution in [0.1, 0.15) is 32.6 Å². The Bertz CT molecular complexity index is 447. The molecule has 0 radical (unpaired) electrons. The van der Waals surface area contributed by atoms with Gasteiger partial charge in [-0.1, -0.05) is 23.8 Å². The van der Waals surface area contributed by atoms with Crippen molar-refractivity contribution in [1.82, 2.24) is 0 Å². The number of allylic oxidation sites excluding steroid dienone is 2. The Morgan fingerprint density at radius 3 is 2.68 bits per heavy atom. The number of ether oxygens (including phenoxy) is 2. The van der Waals surface area contributed by atoms with Gasteiger partial charge in [0.25, 0.3) is 0 Å². The van der Waals surface area contributed by atoms with Crippen molar-refractivity contribution in [3.05, 3.63) is 23.8 Å². The van der Waals surface area contributed by atoms with E-state index in [9.17, 15) is 5.11 Å². The fraction of sp³-hybridized carbons (Fsp3) is 0.750. The summed E-state index contributed by atoms with van der Waals surface area (Å²) in [6, 6.07) is 0. The van der Waals surface area contributed by atoms with E-state index in [4.69, 9.17) is 9.47 Å². The first kappa shape index (κ1) is 12.1. The van der Waals surface area contributed by atoms with Crippen molar-refractivity contribution in [2.45, 2.75) is 44.5 Å². The first-order valence-electron chi connectivity index (χ1n) is 7.46. The first-order chi connectivity index (χ1) is 9.16. The zero-order chi connectivity index (χ0) is 13.1. The van der Waals surface area contributed by atoms with Gasteiger partial charge in [0.1, 0.15) is 0 Å². The minimum atomic E-state index is -0.450. The third kappa shape index (κ3) is 1.49. The summed E-state index contributed by atoms with van der Waals surface area (Å²) in [7, 11) is 0. The van der Waals surface area contributed by atoms with Crippen molar-refractivity contribution >= 4 is 0 Å². The van der Waals surface area contributed by atoms with E-state index >= 15 is 0 Å². The van der Waals surface area contributed by atoms with Crippen LogP contribution in [-0.2, 0) is 9.47 Å². The third-order valence-electron chi connectivity index (χ3n) is 5.79. The molecular weight excluding hydrogens is 240 g/mol. The van der Waals surface area contributed by atoms with Crippen LogP contribution in [0.3, 0.4) is 0 Å². The zero-order valence-electron chi connectivity index (χ0n) is 11.5. The Morgan fingerprint density at radius 1 is 1.21 bits per heavy atom. The van der Waals surface area contributed by atoms with E-state index in [2.05, 4.69) is 25.2 Å². The Hall–Kier alpha value is -0.640. The molecule has 3 heteroatoms. The standard InChI is InChI=1S/C16H22O3/c1-11-8-13-15(5-3-2-4-14(15)17)9-12(11)10-16(13)18-6-7-19-16/h2-3,8,12-14,17H,4-7,9-10H2,1H3/t12-,13+,14-,15+/m1/s1. The average Bonchev–Trinajstić information content (AvgIpc) is 2.85. The molecule has 0 amide bonds. The van der Waals surface area contributed by atoms with Crippen LogP contribution in [0.25, 0.3) is 0 Å². The second-order valence-electron chi connectivity index (χ2n) is 6.66. The molecule has 0 aromatic rings. The quantitative estimate of drug-likeness (QED) is 0.681. The van der Waals surface area contributed by atoms with E-state index in [1.165, 1.54) is 5.57 Å². The summed E-state index contributed by atoms with van der Waals surface area (Å²) in [5.74, 6) is 0.255. The summed E-state index contributed by atoms with van der Waals surface area (Å²) >= 11 is 0. The second kappa shape index (κ2) is 3.94. The van der Waals surface area contributed by atoms with E-state index in [0.717, 1.165) is 25.7 Å². The second-order valence-corrected chi connectivity index (χ2v) is 6.66. The highest BCUT2D eigenvalue weighted by molar-refractivity contribution is 5.27. The van der Waals surface area contributed by atoms with Crippen LogP contribution < -0.4 is 0 Å². The number of aliphatic hydroxyl groups is 1. The van der Waals surface area contributed by atoms with Crippen molar-refractivity contribution in [3.63, 3.8) is 0 Å². The van der Waals surface area contributed by atoms with Crippen molar-refractivity contribution in [2.24, 2.45) is 17.3 Å². The lowest BCUT2D eigenvalue weighted by atomic mass is 9.50. The van der Waals surface area contributed by atoms with E-state index in [0.29, 0.717) is 19.1 Å². The van der Waals surface area contributed by atoms with E-state index in [1.54, 1.807) is 0 Å². The fourth-order valence-electron chi connectivity index (χ4n) is 4.80. The minimum Gasteiger partial charge on any atom is -0.392 e. The van der Waals surface area contributed by atoms with Gasteiger partial charge in [-0.25, -0.2) is 0 Å². The topological polar surface area (TPSA) is 38.7 Å². The highest BCUT2D eigenvalue weighted by Gasteiger charge is 2.63. The SMILES string of the molecule is CC1=C[C@@H]2C3(C[C@H]1C[C@@]21CC=CC[C@H]1O)OCCO3. The van der Waals surface area contributed by atoms with Gasteiger partial charge in [0, 0.05) is 17.8 Å². The number of aliphatic hydroxyl groups excluding tert-OH is 1. The third-order valence-corrected chi connectivity index (χ3v) is 5.79. The van der Waals surface area contributed by atoms with E-state index < -0.39 is 5.79 Å². The molecule has 5 aliphatic rings. The lowest BCUT2D eigenvalue weighted by Crippen LogP contribution is -2.60. The maximum atomic E-state index is 10.6. The lowest BCUT2D eigenvalue weighted by Gasteiger charge is -2.59. The minimum absolute atomic E-state index is 0.0679. The summed E-state index contributed by atoms with van der Waals surface area (Å²) in [5, 5.41) is 10.6. The molecule has 2 bridgehead atoms. The molecule has 1 saturated heterocycles. The van der Waals surface area contributed by atoms with Gasteiger partial charge in [-0.05, 0) is 32.1 Å². The van der Waals surface area contributed by atoms with Crippen LogP contribution in [-0.4, -0.2) is 30.2 Å². The van der Waals surface area contributed by atoms with Crippen molar-refractivity contribution < 1.29 is 14.6 Å². The van der Waals surface area contributed by atoms with E-state index in [1.807, 2.05) is 0 Å². The molecule has 2 spiro atoms.